The highest BCUT2D eigenvalue weighted by atomic mass is 79.9. The number of amides is 1. The van der Waals surface area contributed by atoms with Crippen molar-refractivity contribution in [2.24, 2.45) is 0 Å². The van der Waals surface area contributed by atoms with Gasteiger partial charge in [0.05, 0.1) is 17.5 Å². The molecule has 0 aliphatic rings. The minimum absolute atomic E-state index is 0. The molecule has 0 saturated carbocycles. The van der Waals surface area contributed by atoms with E-state index in [0.29, 0.717) is 11.4 Å². The van der Waals surface area contributed by atoms with Gasteiger partial charge in [-0.05, 0) is 38.5 Å². The van der Waals surface area contributed by atoms with Crippen LogP contribution in [0.1, 0.15) is 19.4 Å². The average molecular weight is 338 g/mol. The van der Waals surface area contributed by atoms with Gasteiger partial charge in [-0.3, -0.25) is 4.79 Å². The number of carbonyl (C=O) groups excluding carboxylic acids is 1. The van der Waals surface area contributed by atoms with Crippen LogP contribution in [-0.4, -0.2) is 18.6 Å². The first kappa shape index (κ1) is 17.2. The Morgan fingerprint density at radius 2 is 2.11 bits per heavy atom. The van der Waals surface area contributed by atoms with E-state index >= 15 is 0 Å². The molecular weight excluding hydrogens is 320 g/mol. The van der Waals surface area contributed by atoms with E-state index in [2.05, 4.69) is 21.2 Å². The van der Waals surface area contributed by atoms with Crippen LogP contribution in [0.2, 0.25) is 0 Å². The molecule has 1 rings (SSSR count). The highest BCUT2D eigenvalue weighted by molar-refractivity contribution is 9.10. The molecule has 102 valence electrons. The third-order valence-electron chi connectivity index (χ3n) is 2.17. The average Bonchev–Trinajstić information content (AvgIpc) is 2.22. The van der Waals surface area contributed by atoms with Crippen molar-refractivity contribution in [2.45, 2.75) is 26.9 Å². The van der Waals surface area contributed by atoms with Gasteiger partial charge in [0.2, 0.25) is 5.91 Å². The van der Waals surface area contributed by atoms with Crippen LogP contribution >= 0.6 is 28.3 Å². The second-order valence-corrected chi connectivity index (χ2v) is 5.01. The zero-order chi connectivity index (χ0) is 13.0. The lowest BCUT2D eigenvalue weighted by Crippen LogP contribution is -2.21. The molecule has 0 saturated heterocycles. The van der Waals surface area contributed by atoms with E-state index in [4.69, 9.17) is 10.5 Å². The van der Waals surface area contributed by atoms with Gasteiger partial charge in [-0.15, -0.1) is 12.4 Å². The van der Waals surface area contributed by atoms with Gasteiger partial charge in [-0.1, -0.05) is 15.9 Å². The fourth-order valence-electron chi connectivity index (χ4n) is 1.29. The lowest BCUT2D eigenvalue weighted by atomic mass is 10.2. The van der Waals surface area contributed by atoms with Crippen LogP contribution in [0.4, 0.5) is 11.4 Å². The van der Waals surface area contributed by atoms with Gasteiger partial charge in [0.25, 0.3) is 0 Å². The molecular formula is C12H18BrClN2O2. The zero-order valence-electron chi connectivity index (χ0n) is 10.6. The first-order chi connectivity index (χ1) is 7.90. The third-order valence-corrected chi connectivity index (χ3v) is 2.63. The van der Waals surface area contributed by atoms with Crippen molar-refractivity contribution in [3.8, 4) is 0 Å². The lowest BCUT2D eigenvalue weighted by Gasteiger charge is -2.12. The smallest absolute Gasteiger partial charge is 0.250 e. The van der Waals surface area contributed by atoms with E-state index in [-0.39, 0.29) is 31.0 Å². The molecule has 0 radical (unpaired) electrons. The summed E-state index contributed by atoms with van der Waals surface area (Å²) in [6.45, 7) is 5.68. The normalized spacial score (nSPS) is 10.1. The number of carbonyl (C=O) groups is 1. The molecule has 0 spiro atoms. The number of nitrogen functional groups attached to an aromatic ring is 1. The summed E-state index contributed by atoms with van der Waals surface area (Å²) in [5, 5.41) is 2.73. The molecule has 0 heterocycles. The fraction of sp³-hybridized carbons (Fsp3) is 0.417. The Morgan fingerprint density at radius 1 is 1.50 bits per heavy atom. The number of anilines is 2. The van der Waals surface area contributed by atoms with Crippen LogP contribution in [-0.2, 0) is 9.53 Å². The molecule has 4 nitrogen and oxygen atoms in total. The largest absolute Gasteiger partial charge is 0.397 e. The SMILES string of the molecule is Cc1cc(Br)cc(NC(=O)COC(C)C)c1N.Cl. The summed E-state index contributed by atoms with van der Waals surface area (Å²) >= 11 is 3.36. The van der Waals surface area contributed by atoms with Crippen molar-refractivity contribution < 1.29 is 9.53 Å². The van der Waals surface area contributed by atoms with Gasteiger partial charge in [-0.2, -0.15) is 0 Å². The maximum atomic E-state index is 11.6. The van der Waals surface area contributed by atoms with Crippen LogP contribution in [0, 0.1) is 6.92 Å². The second-order valence-electron chi connectivity index (χ2n) is 4.09. The molecule has 1 amide bonds. The number of hydrogen-bond acceptors (Lipinski definition) is 3. The minimum Gasteiger partial charge on any atom is -0.397 e. The van der Waals surface area contributed by atoms with Gasteiger partial charge in [0, 0.05) is 4.47 Å². The molecule has 0 aliphatic heterocycles. The topological polar surface area (TPSA) is 64.3 Å². The van der Waals surface area contributed by atoms with Crippen molar-refractivity contribution >= 4 is 45.6 Å². The van der Waals surface area contributed by atoms with E-state index in [9.17, 15) is 4.79 Å². The molecule has 0 unspecified atom stereocenters. The Bertz CT molecular complexity index is 425. The molecule has 0 aromatic heterocycles. The van der Waals surface area contributed by atoms with Crippen LogP contribution in [0.5, 0.6) is 0 Å². The number of aryl methyl sites for hydroxylation is 1. The monoisotopic (exact) mass is 336 g/mol. The van der Waals surface area contributed by atoms with Crippen molar-refractivity contribution in [1.29, 1.82) is 0 Å². The number of rotatable bonds is 4. The van der Waals surface area contributed by atoms with Crippen LogP contribution < -0.4 is 11.1 Å². The van der Waals surface area contributed by atoms with Crippen molar-refractivity contribution in [3.63, 3.8) is 0 Å². The quantitative estimate of drug-likeness (QED) is 0.830. The minimum atomic E-state index is -0.206. The molecule has 1 aromatic carbocycles. The second kappa shape index (κ2) is 7.61. The Kier molecular flexibility index (Phi) is 7.28. The van der Waals surface area contributed by atoms with E-state index in [0.717, 1.165) is 10.0 Å². The molecule has 3 N–H and O–H groups in total. The standard InChI is InChI=1S/C12H17BrN2O2.ClH/c1-7(2)17-6-11(16)15-10-5-9(13)4-8(3)12(10)14;/h4-5,7H,6,14H2,1-3H3,(H,15,16);1H. The number of nitrogens with two attached hydrogens (primary N) is 1. The maximum absolute atomic E-state index is 11.6. The zero-order valence-corrected chi connectivity index (χ0v) is 13.0. The molecule has 0 aliphatic carbocycles. The maximum Gasteiger partial charge on any atom is 0.250 e. The Balaban J connectivity index is 0.00000289. The summed E-state index contributed by atoms with van der Waals surface area (Å²) in [6, 6.07) is 3.67. The van der Waals surface area contributed by atoms with Crippen LogP contribution in [0.3, 0.4) is 0 Å². The summed E-state index contributed by atoms with van der Waals surface area (Å²) in [7, 11) is 0. The molecule has 1 aromatic rings. The predicted octanol–water partition coefficient (Wildman–Crippen LogP) is 3.13. The van der Waals surface area contributed by atoms with Gasteiger partial charge in [0.1, 0.15) is 6.61 Å². The summed E-state index contributed by atoms with van der Waals surface area (Å²) < 4.78 is 6.09. The third kappa shape index (κ3) is 5.25. The molecule has 0 atom stereocenters. The Morgan fingerprint density at radius 3 is 2.67 bits per heavy atom. The molecule has 0 fully saturated rings. The number of benzene rings is 1. The van der Waals surface area contributed by atoms with Crippen molar-refractivity contribution in [2.75, 3.05) is 17.7 Å². The van der Waals surface area contributed by atoms with Crippen LogP contribution in [0.15, 0.2) is 16.6 Å². The van der Waals surface area contributed by atoms with Crippen molar-refractivity contribution in [3.05, 3.63) is 22.2 Å². The van der Waals surface area contributed by atoms with Gasteiger partial charge >= 0.3 is 0 Å². The first-order valence-electron chi connectivity index (χ1n) is 5.37. The molecule has 0 bridgehead atoms. The van der Waals surface area contributed by atoms with Gasteiger partial charge in [0.15, 0.2) is 0 Å². The number of hydrogen-bond donors (Lipinski definition) is 2. The molecule has 6 heteroatoms. The lowest BCUT2D eigenvalue weighted by molar-refractivity contribution is -0.121. The van der Waals surface area contributed by atoms with Crippen molar-refractivity contribution in [1.82, 2.24) is 0 Å². The predicted molar refractivity (Wildman–Crippen MR) is 80.3 cm³/mol. The summed E-state index contributed by atoms with van der Waals surface area (Å²) in [4.78, 5) is 11.6. The van der Waals surface area contributed by atoms with Crippen LogP contribution in [0.25, 0.3) is 0 Å². The number of ether oxygens (including phenoxy) is 1. The highest BCUT2D eigenvalue weighted by Crippen LogP contribution is 2.27. The first-order valence-corrected chi connectivity index (χ1v) is 6.16. The Labute approximate surface area is 122 Å². The Hall–Kier alpha value is -0.780. The van der Waals surface area contributed by atoms with E-state index in [1.165, 1.54) is 0 Å². The number of nitrogens with one attached hydrogen (secondary N) is 1. The van der Waals surface area contributed by atoms with E-state index < -0.39 is 0 Å². The number of halogens is 2. The molecule has 18 heavy (non-hydrogen) atoms. The fourth-order valence-corrected chi connectivity index (χ4v) is 1.86. The summed E-state index contributed by atoms with van der Waals surface area (Å²) in [5.74, 6) is -0.206. The summed E-state index contributed by atoms with van der Waals surface area (Å²) in [6.07, 6.45) is 0.0299. The van der Waals surface area contributed by atoms with E-state index in [1.807, 2.05) is 26.8 Å². The van der Waals surface area contributed by atoms with Gasteiger partial charge < -0.3 is 15.8 Å². The highest BCUT2D eigenvalue weighted by Gasteiger charge is 2.09. The van der Waals surface area contributed by atoms with Gasteiger partial charge in [-0.25, -0.2) is 0 Å². The summed E-state index contributed by atoms with van der Waals surface area (Å²) in [5.41, 5.74) is 7.98. The van der Waals surface area contributed by atoms with E-state index in [1.54, 1.807) is 6.07 Å².